The third-order valence-corrected chi connectivity index (χ3v) is 6.62. The average Bonchev–Trinajstić information content (AvgIpc) is 3.13. The second-order valence-corrected chi connectivity index (χ2v) is 8.67. The van der Waals surface area contributed by atoms with Gasteiger partial charge in [0.05, 0.1) is 6.10 Å². The molecular formula is C27H28N2O3. The second kappa shape index (κ2) is 8.67. The molecule has 5 heteroatoms. The molecule has 0 atom stereocenters. The molecule has 0 radical (unpaired) electrons. The molecule has 1 aliphatic carbocycles. The molecule has 1 amide bonds. The summed E-state index contributed by atoms with van der Waals surface area (Å²) in [4.78, 5) is 14.9. The van der Waals surface area contributed by atoms with Crippen LogP contribution >= 0.6 is 0 Å². The highest BCUT2D eigenvalue weighted by Gasteiger charge is 2.29. The number of aryl methyl sites for hydroxylation is 1. The van der Waals surface area contributed by atoms with Crippen molar-refractivity contribution in [3.63, 3.8) is 0 Å². The van der Waals surface area contributed by atoms with Crippen LogP contribution in [-0.4, -0.2) is 37.0 Å². The van der Waals surface area contributed by atoms with Gasteiger partial charge in [-0.2, -0.15) is 0 Å². The molecule has 0 aromatic heterocycles. The Labute approximate surface area is 188 Å². The summed E-state index contributed by atoms with van der Waals surface area (Å²) in [6.45, 7) is 3.98. The van der Waals surface area contributed by atoms with Crippen molar-refractivity contribution in [1.29, 1.82) is 0 Å². The van der Waals surface area contributed by atoms with Gasteiger partial charge in [0.15, 0.2) is 0 Å². The lowest BCUT2D eigenvalue weighted by Crippen LogP contribution is -2.35. The number of benzene rings is 3. The number of nitrogens with zero attached hydrogens (tertiary/aromatic N) is 1. The fourth-order valence-corrected chi connectivity index (χ4v) is 4.85. The Balaban J connectivity index is 1.24. The average molecular weight is 429 g/mol. The van der Waals surface area contributed by atoms with Gasteiger partial charge in [0, 0.05) is 30.4 Å². The molecule has 3 aromatic rings. The van der Waals surface area contributed by atoms with E-state index in [9.17, 15) is 9.90 Å². The fourth-order valence-electron chi connectivity index (χ4n) is 4.85. The summed E-state index contributed by atoms with van der Waals surface area (Å²) in [6.07, 6.45) is 0.947. The lowest BCUT2D eigenvalue weighted by Gasteiger charge is -2.31. The number of amides is 1. The van der Waals surface area contributed by atoms with Gasteiger partial charge in [0.1, 0.15) is 6.61 Å². The molecule has 2 N–H and O–H groups in total. The number of fused-ring (bicyclic) bond motifs is 3. The number of ether oxygens (including phenoxy) is 1. The first-order chi connectivity index (χ1) is 15.6. The van der Waals surface area contributed by atoms with Crippen molar-refractivity contribution in [2.45, 2.75) is 31.8 Å². The number of aliphatic hydroxyl groups is 1. The predicted octanol–water partition coefficient (Wildman–Crippen LogP) is 5.32. The van der Waals surface area contributed by atoms with E-state index in [-0.39, 0.29) is 12.0 Å². The number of hydrogen-bond donors (Lipinski definition) is 2. The zero-order valence-corrected chi connectivity index (χ0v) is 18.3. The molecule has 1 saturated heterocycles. The number of nitrogens with one attached hydrogen (secondary N) is 1. The van der Waals surface area contributed by atoms with Crippen molar-refractivity contribution in [3.05, 3.63) is 83.4 Å². The topological polar surface area (TPSA) is 61.8 Å². The Morgan fingerprint density at radius 3 is 2.25 bits per heavy atom. The highest BCUT2D eigenvalue weighted by Crippen LogP contribution is 2.44. The zero-order valence-electron chi connectivity index (χ0n) is 18.3. The first kappa shape index (κ1) is 20.6. The van der Waals surface area contributed by atoms with Gasteiger partial charge in [0.2, 0.25) is 0 Å². The summed E-state index contributed by atoms with van der Waals surface area (Å²) in [5.74, 6) is 0.0473. The summed E-state index contributed by atoms with van der Waals surface area (Å²) < 4.78 is 5.67. The van der Waals surface area contributed by atoms with Crippen molar-refractivity contribution >= 4 is 17.5 Å². The van der Waals surface area contributed by atoms with Crippen LogP contribution in [0.1, 0.15) is 35.4 Å². The molecule has 1 heterocycles. The van der Waals surface area contributed by atoms with Gasteiger partial charge in [-0.1, -0.05) is 48.5 Å². The molecule has 0 bridgehead atoms. The number of anilines is 2. The SMILES string of the molecule is Cc1cc(N2CCC(O)CC2)ccc1NC(=O)OCC1c2ccccc2-c2ccccc21. The normalized spacial score (nSPS) is 15.9. The molecular weight excluding hydrogens is 400 g/mol. The highest BCUT2D eigenvalue weighted by molar-refractivity contribution is 5.86. The van der Waals surface area contributed by atoms with Crippen molar-refractivity contribution in [3.8, 4) is 11.1 Å². The number of carbonyl (C=O) groups excluding carboxylic acids is 1. The lowest BCUT2D eigenvalue weighted by molar-refractivity contribution is 0.145. The Bertz CT molecular complexity index is 1090. The molecule has 2 aliphatic rings. The minimum absolute atomic E-state index is 0.0473. The number of piperidine rings is 1. The second-order valence-electron chi connectivity index (χ2n) is 8.67. The maximum atomic E-state index is 12.6. The number of aliphatic hydroxyl groups excluding tert-OH is 1. The van der Waals surface area contributed by atoms with E-state index >= 15 is 0 Å². The maximum Gasteiger partial charge on any atom is 0.411 e. The first-order valence-electron chi connectivity index (χ1n) is 11.3. The van der Waals surface area contributed by atoms with Gasteiger partial charge in [0.25, 0.3) is 0 Å². The fraction of sp³-hybridized carbons (Fsp3) is 0.296. The van der Waals surface area contributed by atoms with Gasteiger partial charge in [-0.15, -0.1) is 0 Å². The molecule has 1 aliphatic heterocycles. The van der Waals surface area contributed by atoms with Crippen LogP contribution in [-0.2, 0) is 4.74 Å². The van der Waals surface area contributed by atoms with Crippen molar-refractivity contribution in [2.75, 3.05) is 29.9 Å². The van der Waals surface area contributed by atoms with E-state index in [2.05, 4.69) is 40.5 Å². The van der Waals surface area contributed by atoms with Crippen LogP contribution in [0.3, 0.4) is 0 Å². The van der Waals surface area contributed by atoms with Gasteiger partial charge < -0.3 is 14.7 Å². The number of carbonyl (C=O) groups is 1. The summed E-state index contributed by atoms with van der Waals surface area (Å²) >= 11 is 0. The van der Waals surface area contributed by atoms with Crippen molar-refractivity contribution < 1.29 is 14.6 Å². The smallest absolute Gasteiger partial charge is 0.411 e. The van der Waals surface area contributed by atoms with Gasteiger partial charge in [-0.25, -0.2) is 4.79 Å². The summed E-state index contributed by atoms with van der Waals surface area (Å²) in [7, 11) is 0. The van der Waals surface area contributed by atoms with E-state index in [0.717, 1.165) is 42.9 Å². The lowest BCUT2D eigenvalue weighted by atomic mass is 9.98. The maximum absolute atomic E-state index is 12.6. The minimum Gasteiger partial charge on any atom is -0.448 e. The molecule has 0 spiro atoms. The van der Waals surface area contributed by atoms with E-state index < -0.39 is 6.09 Å². The van der Waals surface area contributed by atoms with Gasteiger partial charge in [-0.3, -0.25) is 5.32 Å². The van der Waals surface area contributed by atoms with Crippen LogP contribution in [0.5, 0.6) is 0 Å². The molecule has 3 aromatic carbocycles. The van der Waals surface area contributed by atoms with Crippen LogP contribution in [0, 0.1) is 6.92 Å². The standard InChI is InChI=1S/C27H28N2O3/c1-18-16-19(29-14-12-20(30)13-15-29)10-11-26(18)28-27(31)32-17-25-23-8-4-2-6-21(23)22-7-3-5-9-24(22)25/h2-11,16,20,25,30H,12-15,17H2,1H3,(H,28,31). The van der Waals surface area contributed by atoms with Gasteiger partial charge in [-0.05, 0) is 65.8 Å². The summed E-state index contributed by atoms with van der Waals surface area (Å²) in [6, 6.07) is 22.7. The van der Waals surface area contributed by atoms with Crippen LogP contribution in [0.15, 0.2) is 66.7 Å². The van der Waals surface area contributed by atoms with E-state index in [1.54, 1.807) is 0 Å². The summed E-state index contributed by atoms with van der Waals surface area (Å²) in [5, 5.41) is 12.6. The van der Waals surface area contributed by atoms with Gasteiger partial charge >= 0.3 is 6.09 Å². The molecule has 0 saturated carbocycles. The van der Waals surface area contributed by atoms with Crippen LogP contribution < -0.4 is 10.2 Å². The highest BCUT2D eigenvalue weighted by atomic mass is 16.5. The Morgan fingerprint density at radius 1 is 1.00 bits per heavy atom. The van der Waals surface area contributed by atoms with E-state index in [0.29, 0.717) is 6.61 Å². The largest absolute Gasteiger partial charge is 0.448 e. The van der Waals surface area contributed by atoms with E-state index in [1.165, 1.54) is 22.3 Å². The number of rotatable bonds is 4. The van der Waals surface area contributed by atoms with Crippen LogP contribution in [0.2, 0.25) is 0 Å². The molecule has 32 heavy (non-hydrogen) atoms. The van der Waals surface area contributed by atoms with Crippen LogP contribution in [0.25, 0.3) is 11.1 Å². The molecule has 164 valence electrons. The van der Waals surface area contributed by atoms with E-state index in [4.69, 9.17) is 4.74 Å². The molecule has 5 rings (SSSR count). The Hall–Kier alpha value is -3.31. The van der Waals surface area contributed by atoms with Crippen molar-refractivity contribution in [1.82, 2.24) is 0 Å². The Morgan fingerprint density at radius 2 is 1.62 bits per heavy atom. The first-order valence-corrected chi connectivity index (χ1v) is 11.3. The van der Waals surface area contributed by atoms with Crippen molar-refractivity contribution in [2.24, 2.45) is 0 Å². The Kier molecular flexibility index (Phi) is 5.58. The third kappa shape index (κ3) is 3.96. The predicted molar refractivity (Wildman–Crippen MR) is 127 cm³/mol. The molecule has 0 unspecified atom stereocenters. The third-order valence-electron chi connectivity index (χ3n) is 6.62. The quantitative estimate of drug-likeness (QED) is 0.591. The molecule has 1 fully saturated rings. The number of hydrogen-bond acceptors (Lipinski definition) is 4. The van der Waals surface area contributed by atoms with E-state index in [1.807, 2.05) is 43.3 Å². The summed E-state index contributed by atoms with van der Waals surface area (Å²) in [5.41, 5.74) is 7.70. The van der Waals surface area contributed by atoms with Crippen LogP contribution in [0.4, 0.5) is 16.2 Å². The minimum atomic E-state index is -0.441. The monoisotopic (exact) mass is 428 g/mol. The molecule has 5 nitrogen and oxygen atoms in total. The zero-order chi connectivity index (χ0) is 22.1.